The lowest BCUT2D eigenvalue weighted by molar-refractivity contribution is 0.349. The summed E-state index contributed by atoms with van der Waals surface area (Å²) in [6.07, 6.45) is 2.09. The lowest BCUT2D eigenvalue weighted by Gasteiger charge is -2.28. The molecule has 1 aliphatic rings. The van der Waals surface area contributed by atoms with Crippen LogP contribution in [0.3, 0.4) is 0 Å². The van der Waals surface area contributed by atoms with Crippen molar-refractivity contribution in [1.82, 2.24) is 5.32 Å². The molecule has 88 valence electrons. The van der Waals surface area contributed by atoms with Gasteiger partial charge in [-0.25, -0.2) is 4.39 Å². The third kappa shape index (κ3) is 1.84. The highest BCUT2D eigenvalue weighted by molar-refractivity contribution is 9.10. The minimum atomic E-state index is -0.310. The molecule has 4 heteroatoms. The molecule has 1 saturated heterocycles. The van der Waals surface area contributed by atoms with Crippen LogP contribution in [-0.2, 0) is 5.54 Å². The van der Waals surface area contributed by atoms with Gasteiger partial charge in [0, 0.05) is 15.6 Å². The van der Waals surface area contributed by atoms with Crippen molar-refractivity contribution in [2.75, 3.05) is 13.7 Å². The average molecular weight is 288 g/mol. The number of benzene rings is 1. The van der Waals surface area contributed by atoms with Crippen LogP contribution in [0.4, 0.5) is 4.39 Å². The van der Waals surface area contributed by atoms with E-state index in [1.807, 2.05) is 0 Å². The van der Waals surface area contributed by atoms with Crippen LogP contribution in [0.2, 0.25) is 0 Å². The van der Waals surface area contributed by atoms with Gasteiger partial charge in [-0.1, -0.05) is 15.9 Å². The van der Waals surface area contributed by atoms with Crippen LogP contribution in [0, 0.1) is 5.82 Å². The van der Waals surface area contributed by atoms with E-state index >= 15 is 0 Å². The highest BCUT2D eigenvalue weighted by atomic mass is 79.9. The third-order valence-electron chi connectivity index (χ3n) is 3.18. The fourth-order valence-corrected chi connectivity index (χ4v) is 3.10. The molecule has 1 unspecified atom stereocenters. The number of hydrogen-bond acceptors (Lipinski definition) is 2. The van der Waals surface area contributed by atoms with E-state index in [2.05, 4.69) is 28.2 Å². The summed E-state index contributed by atoms with van der Waals surface area (Å²) in [6.45, 7) is 3.05. The number of methoxy groups -OCH3 is 1. The zero-order valence-electron chi connectivity index (χ0n) is 9.44. The highest BCUT2D eigenvalue weighted by Crippen LogP contribution is 2.41. The maximum absolute atomic E-state index is 13.7. The SMILES string of the molecule is COc1c(F)ccc(Br)c1C1(C)CCCN1. The van der Waals surface area contributed by atoms with Crippen molar-refractivity contribution in [1.29, 1.82) is 0 Å². The Hall–Kier alpha value is -0.610. The topological polar surface area (TPSA) is 21.3 Å². The van der Waals surface area contributed by atoms with Crippen LogP contribution in [0.15, 0.2) is 16.6 Å². The normalized spacial score (nSPS) is 24.8. The Bertz CT molecular complexity index is 402. The standard InChI is InChI=1S/C12H15BrFNO/c1-12(6-3-7-15-12)10-8(13)4-5-9(14)11(10)16-2/h4-5,15H,3,6-7H2,1-2H3. The molecule has 0 bridgehead atoms. The number of nitrogens with one attached hydrogen (secondary N) is 1. The second kappa shape index (κ2) is 4.34. The van der Waals surface area contributed by atoms with E-state index in [9.17, 15) is 4.39 Å². The predicted octanol–water partition coefficient (Wildman–Crippen LogP) is 3.20. The van der Waals surface area contributed by atoms with Gasteiger partial charge < -0.3 is 10.1 Å². The molecular formula is C12H15BrFNO. The Kier molecular flexibility index (Phi) is 3.22. The third-order valence-corrected chi connectivity index (χ3v) is 3.84. The summed E-state index contributed by atoms with van der Waals surface area (Å²) in [4.78, 5) is 0. The van der Waals surface area contributed by atoms with Gasteiger partial charge in [0.05, 0.1) is 7.11 Å². The number of rotatable bonds is 2. The lowest BCUT2D eigenvalue weighted by atomic mass is 9.89. The van der Waals surface area contributed by atoms with Gasteiger partial charge in [-0.15, -0.1) is 0 Å². The van der Waals surface area contributed by atoms with Gasteiger partial charge in [0.2, 0.25) is 0 Å². The van der Waals surface area contributed by atoms with Crippen LogP contribution in [-0.4, -0.2) is 13.7 Å². The summed E-state index contributed by atoms with van der Waals surface area (Å²) >= 11 is 3.48. The monoisotopic (exact) mass is 287 g/mol. The fraction of sp³-hybridized carbons (Fsp3) is 0.500. The van der Waals surface area contributed by atoms with Crippen molar-refractivity contribution in [3.63, 3.8) is 0 Å². The smallest absolute Gasteiger partial charge is 0.165 e. The van der Waals surface area contributed by atoms with E-state index in [0.29, 0.717) is 5.75 Å². The minimum Gasteiger partial charge on any atom is -0.493 e. The first-order valence-corrected chi connectivity index (χ1v) is 6.15. The molecule has 1 N–H and O–H groups in total. The number of ether oxygens (including phenoxy) is 1. The fourth-order valence-electron chi connectivity index (χ4n) is 2.35. The van der Waals surface area contributed by atoms with Crippen LogP contribution < -0.4 is 10.1 Å². The highest BCUT2D eigenvalue weighted by Gasteiger charge is 2.35. The summed E-state index contributed by atoms with van der Waals surface area (Å²) in [5.74, 6) is 0.0295. The molecular weight excluding hydrogens is 273 g/mol. The Labute approximate surface area is 103 Å². The molecule has 0 radical (unpaired) electrons. The molecule has 1 aromatic rings. The van der Waals surface area contributed by atoms with Crippen molar-refractivity contribution in [2.24, 2.45) is 0 Å². The van der Waals surface area contributed by atoms with Gasteiger partial charge >= 0.3 is 0 Å². The summed E-state index contributed by atoms with van der Waals surface area (Å²) in [6, 6.07) is 3.16. The van der Waals surface area contributed by atoms with E-state index in [1.54, 1.807) is 6.07 Å². The van der Waals surface area contributed by atoms with Crippen molar-refractivity contribution in [3.8, 4) is 5.75 Å². The molecule has 0 spiro atoms. The lowest BCUT2D eigenvalue weighted by Crippen LogP contribution is -2.34. The second-order valence-electron chi connectivity index (χ2n) is 4.30. The van der Waals surface area contributed by atoms with Gasteiger partial charge in [-0.2, -0.15) is 0 Å². The molecule has 16 heavy (non-hydrogen) atoms. The molecule has 0 aromatic heterocycles. The molecule has 1 atom stereocenters. The van der Waals surface area contributed by atoms with Crippen molar-refractivity contribution < 1.29 is 9.13 Å². The molecule has 2 nitrogen and oxygen atoms in total. The molecule has 0 amide bonds. The van der Waals surface area contributed by atoms with E-state index in [0.717, 1.165) is 29.4 Å². The Morgan fingerprint density at radius 3 is 2.81 bits per heavy atom. The molecule has 1 aromatic carbocycles. The van der Waals surface area contributed by atoms with Crippen LogP contribution in [0.1, 0.15) is 25.3 Å². The zero-order valence-corrected chi connectivity index (χ0v) is 11.0. The largest absolute Gasteiger partial charge is 0.493 e. The first-order chi connectivity index (χ1) is 7.58. The van der Waals surface area contributed by atoms with Crippen LogP contribution in [0.5, 0.6) is 5.75 Å². The van der Waals surface area contributed by atoms with Gasteiger partial charge in [-0.3, -0.25) is 0 Å². The molecule has 0 saturated carbocycles. The Balaban J connectivity index is 2.57. The van der Waals surface area contributed by atoms with E-state index in [-0.39, 0.29) is 11.4 Å². The van der Waals surface area contributed by atoms with E-state index < -0.39 is 0 Å². The van der Waals surface area contributed by atoms with Gasteiger partial charge in [0.25, 0.3) is 0 Å². The van der Waals surface area contributed by atoms with Gasteiger partial charge in [0.15, 0.2) is 11.6 Å². The average Bonchev–Trinajstić information content (AvgIpc) is 2.69. The van der Waals surface area contributed by atoms with Crippen LogP contribution in [0.25, 0.3) is 0 Å². The molecule has 1 heterocycles. The molecule has 1 aliphatic heterocycles. The molecule has 2 rings (SSSR count). The van der Waals surface area contributed by atoms with Gasteiger partial charge in [0.1, 0.15) is 0 Å². The van der Waals surface area contributed by atoms with Crippen LogP contribution >= 0.6 is 15.9 Å². The summed E-state index contributed by atoms with van der Waals surface area (Å²) < 4.78 is 19.8. The van der Waals surface area contributed by atoms with Crippen molar-refractivity contribution in [3.05, 3.63) is 28.0 Å². The molecule has 0 aliphatic carbocycles. The first kappa shape index (κ1) is 11.9. The number of hydrogen-bond donors (Lipinski definition) is 1. The Morgan fingerprint density at radius 1 is 1.50 bits per heavy atom. The predicted molar refractivity (Wildman–Crippen MR) is 65.2 cm³/mol. The second-order valence-corrected chi connectivity index (χ2v) is 5.15. The maximum atomic E-state index is 13.7. The molecule has 1 fully saturated rings. The van der Waals surface area contributed by atoms with E-state index in [1.165, 1.54) is 13.2 Å². The van der Waals surface area contributed by atoms with Crippen molar-refractivity contribution >= 4 is 15.9 Å². The minimum absolute atomic E-state index is 0.202. The zero-order chi connectivity index (χ0) is 11.8. The first-order valence-electron chi connectivity index (χ1n) is 5.36. The number of halogens is 2. The Morgan fingerprint density at radius 2 is 2.25 bits per heavy atom. The van der Waals surface area contributed by atoms with Crippen molar-refractivity contribution in [2.45, 2.75) is 25.3 Å². The maximum Gasteiger partial charge on any atom is 0.165 e. The summed E-state index contributed by atoms with van der Waals surface area (Å²) in [5.41, 5.74) is 0.680. The summed E-state index contributed by atoms with van der Waals surface area (Å²) in [7, 11) is 1.51. The van der Waals surface area contributed by atoms with Gasteiger partial charge in [-0.05, 0) is 38.4 Å². The van der Waals surface area contributed by atoms with E-state index in [4.69, 9.17) is 4.74 Å². The summed E-state index contributed by atoms with van der Waals surface area (Å²) in [5, 5.41) is 3.42. The quantitative estimate of drug-likeness (QED) is 0.902.